The van der Waals surface area contributed by atoms with Gasteiger partial charge < -0.3 is 34.1 Å². The number of para-hydroxylation sites is 2. The molecule has 0 bridgehead atoms. The highest BCUT2D eigenvalue weighted by Crippen LogP contribution is 2.39. The number of aliphatic imine (C=N–C) groups is 1. The number of amides is 1. The summed E-state index contributed by atoms with van der Waals surface area (Å²) in [6, 6.07) is 27.6. The fourth-order valence-corrected chi connectivity index (χ4v) is 7.41. The van der Waals surface area contributed by atoms with E-state index in [0.29, 0.717) is 52.0 Å². The van der Waals surface area contributed by atoms with Gasteiger partial charge in [0.05, 0.1) is 37.2 Å². The zero-order valence-corrected chi connectivity index (χ0v) is 32.1. The van der Waals surface area contributed by atoms with Crippen LogP contribution in [-0.4, -0.2) is 59.3 Å². The first-order valence-electron chi connectivity index (χ1n) is 18.4. The molecule has 1 N–H and O–H groups in total. The highest BCUT2D eigenvalue weighted by Gasteiger charge is 2.28. The molecule has 7 rings (SSSR count). The number of nitrogens with one attached hydrogen (secondary N) is 1. The van der Waals surface area contributed by atoms with Gasteiger partial charge in [-0.1, -0.05) is 42.5 Å². The Labute approximate surface area is 322 Å². The number of aldehydes is 1. The lowest BCUT2D eigenvalue weighted by molar-refractivity contribution is 0.0989. The Hall–Kier alpha value is -6.29. The Kier molecular flexibility index (Phi) is 10.8. The number of anilines is 3. The molecule has 10 heteroatoms. The van der Waals surface area contributed by atoms with E-state index in [-0.39, 0.29) is 25.2 Å². The summed E-state index contributed by atoms with van der Waals surface area (Å²) in [5, 5.41) is 3.18. The van der Waals surface area contributed by atoms with Crippen molar-refractivity contribution >= 4 is 41.2 Å². The smallest absolute Gasteiger partial charge is 0.260 e. The molecule has 0 saturated heterocycles. The largest absolute Gasteiger partial charge is 0.493 e. The maximum absolute atomic E-state index is 13.8. The lowest BCUT2D eigenvalue weighted by atomic mass is 10.0. The van der Waals surface area contributed by atoms with Gasteiger partial charge in [-0.25, -0.2) is 0 Å². The Balaban J connectivity index is 1.08. The van der Waals surface area contributed by atoms with Crippen LogP contribution in [0.2, 0.25) is 0 Å². The standard InChI is InChI=1S/C45H46N4O6/c1-28-17-29(2)34(27-55-44-23-38(46-3)36(21-42(44)53-6)45(51)49-16-15-30-11-7-10-14-40(30)49)18-33(28)26-54-43-22-37(32(25-50)20-41(43)52-5)47-24-35-19-31-12-8-9-13-39(31)48(35)4/h7-14,17-18,20-25,35,46H,15-16,19,26-27H2,1-6H3. The van der Waals surface area contributed by atoms with Gasteiger partial charge in [0.1, 0.15) is 13.2 Å². The quantitative estimate of drug-likeness (QED) is 0.0952. The van der Waals surface area contributed by atoms with E-state index in [1.807, 2.05) is 61.4 Å². The predicted molar refractivity (Wildman–Crippen MR) is 218 cm³/mol. The van der Waals surface area contributed by atoms with Crippen LogP contribution in [0.5, 0.6) is 23.0 Å². The highest BCUT2D eigenvalue weighted by molar-refractivity contribution is 6.11. The molecule has 0 aromatic heterocycles. The first-order valence-corrected chi connectivity index (χ1v) is 18.4. The molecule has 2 aliphatic rings. The third-order valence-corrected chi connectivity index (χ3v) is 10.6. The van der Waals surface area contributed by atoms with Gasteiger partial charge in [-0.15, -0.1) is 0 Å². The van der Waals surface area contributed by atoms with E-state index in [1.165, 1.54) is 11.3 Å². The maximum atomic E-state index is 13.8. The van der Waals surface area contributed by atoms with E-state index >= 15 is 0 Å². The predicted octanol–water partition coefficient (Wildman–Crippen LogP) is 8.30. The second-order valence-corrected chi connectivity index (χ2v) is 13.9. The van der Waals surface area contributed by atoms with E-state index in [1.54, 1.807) is 39.5 Å². The van der Waals surface area contributed by atoms with Crippen molar-refractivity contribution in [2.45, 2.75) is 45.9 Å². The van der Waals surface area contributed by atoms with Gasteiger partial charge in [0.25, 0.3) is 5.91 Å². The van der Waals surface area contributed by atoms with Crippen LogP contribution >= 0.6 is 0 Å². The van der Waals surface area contributed by atoms with Gasteiger partial charge in [0.2, 0.25) is 0 Å². The molecule has 0 saturated carbocycles. The number of fused-ring (bicyclic) bond motifs is 2. The van der Waals surface area contributed by atoms with E-state index in [0.717, 1.165) is 52.6 Å². The van der Waals surface area contributed by atoms with Crippen LogP contribution in [0.4, 0.5) is 22.7 Å². The summed E-state index contributed by atoms with van der Waals surface area (Å²) in [7, 11) is 6.98. The van der Waals surface area contributed by atoms with Crippen LogP contribution in [0.3, 0.4) is 0 Å². The number of carbonyl (C=O) groups excluding carboxylic acids is 2. The molecule has 10 nitrogen and oxygen atoms in total. The molecule has 282 valence electrons. The Morgan fingerprint density at radius 2 is 1.45 bits per heavy atom. The van der Waals surface area contributed by atoms with Crippen molar-refractivity contribution in [3.05, 3.63) is 129 Å². The third kappa shape index (κ3) is 7.45. The van der Waals surface area contributed by atoms with E-state index in [9.17, 15) is 9.59 Å². The summed E-state index contributed by atoms with van der Waals surface area (Å²) in [6.45, 7) is 5.24. The van der Waals surface area contributed by atoms with Crippen LogP contribution in [0.25, 0.3) is 0 Å². The molecule has 2 heterocycles. The van der Waals surface area contributed by atoms with Gasteiger partial charge >= 0.3 is 0 Å². The van der Waals surface area contributed by atoms with Crippen LogP contribution in [-0.2, 0) is 26.1 Å². The van der Waals surface area contributed by atoms with Crippen LogP contribution in [0.15, 0.2) is 89.9 Å². The first-order chi connectivity index (χ1) is 26.7. The van der Waals surface area contributed by atoms with Gasteiger partial charge in [-0.3, -0.25) is 14.6 Å². The molecule has 1 atom stereocenters. The summed E-state index contributed by atoms with van der Waals surface area (Å²) in [6.07, 6.45) is 4.34. The molecule has 0 fully saturated rings. The minimum Gasteiger partial charge on any atom is -0.493 e. The minimum absolute atomic E-state index is 0.0672. The molecule has 55 heavy (non-hydrogen) atoms. The van der Waals surface area contributed by atoms with Gasteiger partial charge in [-0.05, 0) is 90.4 Å². The Morgan fingerprint density at radius 3 is 2.11 bits per heavy atom. The summed E-state index contributed by atoms with van der Waals surface area (Å²) >= 11 is 0. The summed E-state index contributed by atoms with van der Waals surface area (Å²) < 4.78 is 24.1. The average molecular weight is 739 g/mol. The second kappa shape index (κ2) is 16.0. The molecular formula is C45H46N4O6. The van der Waals surface area contributed by atoms with E-state index in [2.05, 4.69) is 47.6 Å². The molecule has 0 radical (unpaired) electrons. The van der Waals surface area contributed by atoms with Crippen LogP contribution < -0.4 is 34.1 Å². The fraction of sp³-hybridized carbons (Fsp3) is 0.267. The minimum atomic E-state index is -0.0954. The Morgan fingerprint density at radius 1 is 0.818 bits per heavy atom. The molecule has 5 aromatic carbocycles. The zero-order chi connectivity index (χ0) is 38.6. The van der Waals surface area contributed by atoms with Crippen molar-refractivity contribution in [1.82, 2.24) is 0 Å². The van der Waals surface area contributed by atoms with Gasteiger partial charge in [-0.2, -0.15) is 0 Å². The molecule has 1 unspecified atom stereocenters. The number of benzene rings is 5. The number of methoxy groups -OCH3 is 2. The van der Waals surface area contributed by atoms with Gasteiger partial charge in [0, 0.05) is 55.9 Å². The topological polar surface area (TPSA) is 102 Å². The molecule has 5 aromatic rings. The molecular weight excluding hydrogens is 693 g/mol. The summed E-state index contributed by atoms with van der Waals surface area (Å²) in [5.74, 6) is 1.82. The van der Waals surface area contributed by atoms with E-state index in [4.69, 9.17) is 23.9 Å². The van der Waals surface area contributed by atoms with Crippen molar-refractivity contribution in [3.8, 4) is 23.0 Å². The number of rotatable bonds is 13. The molecule has 0 spiro atoms. The van der Waals surface area contributed by atoms with Crippen molar-refractivity contribution in [2.24, 2.45) is 4.99 Å². The summed E-state index contributed by atoms with van der Waals surface area (Å²) in [5.41, 5.74) is 10.7. The monoisotopic (exact) mass is 738 g/mol. The fourth-order valence-electron chi connectivity index (χ4n) is 7.41. The van der Waals surface area contributed by atoms with Crippen molar-refractivity contribution < 1.29 is 28.5 Å². The number of likely N-dealkylation sites (N-methyl/N-ethyl adjacent to an activating group) is 1. The average Bonchev–Trinajstić information content (AvgIpc) is 3.79. The second-order valence-electron chi connectivity index (χ2n) is 13.9. The van der Waals surface area contributed by atoms with Crippen LogP contribution in [0.1, 0.15) is 54.1 Å². The lowest BCUT2D eigenvalue weighted by Crippen LogP contribution is -2.29. The highest BCUT2D eigenvalue weighted by atomic mass is 16.5. The number of ether oxygens (including phenoxy) is 4. The number of aryl methyl sites for hydroxylation is 2. The van der Waals surface area contributed by atoms with Crippen LogP contribution in [0, 0.1) is 13.8 Å². The maximum Gasteiger partial charge on any atom is 0.260 e. The number of hydrogen-bond donors (Lipinski definition) is 1. The van der Waals surface area contributed by atoms with Crippen molar-refractivity contribution in [3.63, 3.8) is 0 Å². The zero-order valence-electron chi connectivity index (χ0n) is 32.1. The number of nitrogens with zero attached hydrogens (tertiary/aromatic N) is 3. The van der Waals surface area contributed by atoms with Gasteiger partial charge in [0.15, 0.2) is 29.3 Å². The first kappa shape index (κ1) is 37.0. The van der Waals surface area contributed by atoms with E-state index < -0.39 is 0 Å². The van der Waals surface area contributed by atoms with Crippen molar-refractivity contribution in [1.29, 1.82) is 0 Å². The lowest BCUT2D eigenvalue weighted by Gasteiger charge is -2.21. The normalized spacial score (nSPS) is 14.5. The SMILES string of the molecule is CNc1cc(OCc2cc(COc3cc(N=CC4Cc5ccccc5N4C)c(C=O)cc3OC)c(C)cc2C)c(OC)cc1C(=O)N1CCc2ccccc21. The number of carbonyl (C=O) groups is 2. The Bertz CT molecular complexity index is 2280. The molecule has 2 aliphatic heterocycles. The summed E-state index contributed by atoms with van der Waals surface area (Å²) in [4.78, 5) is 34.7. The number of hydrogen-bond acceptors (Lipinski definition) is 9. The third-order valence-electron chi connectivity index (χ3n) is 10.6. The molecule has 1 amide bonds. The van der Waals surface area contributed by atoms with Crippen molar-refractivity contribution in [2.75, 3.05) is 50.0 Å². The molecule has 0 aliphatic carbocycles.